The summed E-state index contributed by atoms with van der Waals surface area (Å²) in [7, 11) is -3.79. The number of hydrogen-bond donors (Lipinski definition) is 3. The molecule has 1 unspecified atom stereocenters. The van der Waals surface area contributed by atoms with Gasteiger partial charge in [0, 0.05) is 0 Å². The largest absolute Gasteiger partial charge is 0.299 e. The zero-order valence-corrected chi connectivity index (χ0v) is 16.0. The molecular weight excluding hydrogens is 350 g/mol. The molecule has 1 atom stereocenters. The Morgan fingerprint density at radius 1 is 1.00 bits per heavy atom. The standard InChI is InChI=1S/C19H25N3O3S/c1-14(2)13-18(19(23)21-20-16-7-5-4-6-8-16)22-26(24,25)17-11-9-15(3)10-12-17/h4-12,14,18,20,22H,13H2,1-3H3,(H,21,23). The van der Waals surface area contributed by atoms with Crippen LogP contribution in [0, 0.1) is 12.8 Å². The highest BCUT2D eigenvalue weighted by Crippen LogP contribution is 2.13. The van der Waals surface area contributed by atoms with Gasteiger partial charge in [-0.05, 0) is 43.5 Å². The Morgan fingerprint density at radius 2 is 1.62 bits per heavy atom. The maximum atomic E-state index is 12.6. The van der Waals surface area contributed by atoms with Gasteiger partial charge in [0.25, 0.3) is 5.91 Å². The van der Waals surface area contributed by atoms with Gasteiger partial charge in [0.1, 0.15) is 6.04 Å². The molecule has 26 heavy (non-hydrogen) atoms. The number of aryl methyl sites for hydroxylation is 1. The van der Waals surface area contributed by atoms with Gasteiger partial charge in [0.2, 0.25) is 10.0 Å². The minimum absolute atomic E-state index is 0.140. The van der Waals surface area contributed by atoms with Crippen LogP contribution in [-0.4, -0.2) is 20.4 Å². The van der Waals surface area contributed by atoms with Crippen molar-refractivity contribution in [1.82, 2.24) is 10.1 Å². The highest BCUT2D eigenvalue weighted by molar-refractivity contribution is 7.89. The molecule has 0 bridgehead atoms. The summed E-state index contributed by atoms with van der Waals surface area (Å²) in [5, 5.41) is 0. The van der Waals surface area contributed by atoms with Gasteiger partial charge < -0.3 is 0 Å². The number of anilines is 1. The Kier molecular flexibility index (Phi) is 6.76. The van der Waals surface area contributed by atoms with E-state index in [-0.39, 0.29) is 10.8 Å². The maximum Gasteiger partial charge on any atom is 0.256 e. The Hall–Kier alpha value is -2.38. The van der Waals surface area contributed by atoms with E-state index in [0.717, 1.165) is 5.56 Å². The first-order chi connectivity index (χ1) is 12.3. The number of hydrogen-bond acceptors (Lipinski definition) is 4. The van der Waals surface area contributed by atoms with Crippen LogP contribution in [0.2, 0.25) is 0 Å². The number of sulfonamides is 1. The van der Waals surface area contributed by atoms with E-state index in [2.05, 4.69) is 15.6 Å². The van der Waals surface area contributed by atoms with E-state index in [0.29, 0.717) is 12.1 Å². The Labute approximate surface area is 155 Å². The SMILES string of the molecule is Cc1ccc(S(=O)(=O)NC(CC(C)C)C(=O)NNc2ccccc2)cc1. The summed E-state index contributed by atoms with van der Waals surface area (Å²) >= 11 is 0. The van der Waals surface area contributed by atoms with Crippen molar-refractivity contribution in [3.63, 3.8) is 0 Å². The number of amides is 1. The fourth-order valence-corrected chi connectivity index (χ4v) is 3.60. The normalized spacial score (nSPS) is 12.6. The van der Waals surface area contributed by atoms with Crippen molar-refractivity contribution >= 4 is 21.6 Å². The second-order valence-corrected chi connectivity index (χ2v) is 8.31. The van der Waals surface area contributed by atoms with Crippen molar-refractivity contribution in [2.75, 3.05) is 5.43 Å². The highest BCUT2D eigenvalue weighted by Gasteiger charge is 2.26. The molecule has 1 amide bonds. The van der Waals surface area contributed by atoms with Crippen LogP contribution in [-0.2, 0) is 14.8 Å². The number of nitrogens with one attached hydrogen (secondary N) is 3. The summed E-state index contributed by atoms with van der Waals surface area (Å²) in [6, 6.07) is 14.8. The van der Waals surface area contributed by atoms with Gasteiger partial charge >= 0.3 is 0 Å². The molecule has 2 rings (SSSR count). The first kappa shape index (κ1) is 19.9. The average Bonchev–Trinajstić information content (AvgIpc) is 2.60. The first-order valence-electron chi connectivity index (χ1n) is 8.48. The third kappa shape index (κ3) is 5.86. The molecule has 0 saturated carbocycles. The van der Waals surface area contributed by atoms with Crippen LogP contribution in [0.1, 0.15) is 25.8 Å². The third-order valence-corrected chi connectivity index (χ3v) is 5.24. The molecule has 2 aromatic carbocycles. The van der Waals surface area contributed by atoms with Crippen molar-refractivity contribution in [2.45, 2.75) is 38.1 Å². The molecule has 0 saturated heterocycles. The van der Waals surface area contributed by atoms with Crippen molar-refractivity contribution in [2.24, 2.45) is 5.92 Å². The van der Waals surface area contributed by atoms with Crippen molar-refractivity contribution in [3.05, 3.63) is 60.2 Å². The van der Waals surface area contributed by atoms with Crippen LogP contribution < -0.4 is 15.6 Å². The molecule has 0 radical (unpaired) electrons. The van der Waals surface area contributed by atoms with Gasteiger partial charge in [-0.1, -0.05) is 49.7 Å². The predicted molar refractivity (Wildman–Crippen MR) is 103 cm³/mol. The maximum absolute atomic E-state index is 12.6. The van der Waals surface area contributed by atoms with Crippen molar-refractivity contribution in [3.8, 4) is 0 Å². The Bertz CT molecular complexity index is 819. The van der Waals surface area contributed by atoms with E-state index in [1.807, 2.05) is 39.0 Å². The fraction of sp³-hybridized carbons (Fsp3) is 0.316. The molecule has 2 aromatic rings. The summed E-state index contributed by atoms with van der Waals surface area (Å²) < 4.78 is 27.7. The molecule has 6 nitrogen and oxygen atoms in total. The van der Waals surface area contributed by atoms with E-state index in [4.69, 9.17) is 0 Å². The van der Waals surface area contributed by atoms with Crippen LogP contribution in [0.3, 0.4) is 0 Å². The Morgan fingerprint density at radius 3 is 2.19 bits per heavy atom. The summed E-state index contributed by atoms with van der Waals surface area (Å²) in [6.07, 6.45) is 0.382. The number of carbonyl (C=O) groups excluding carboxylic acids is 1. The van der Waals surface area contributed by atoms with Gasteiger partial charge in [-0.3, -0.25) is 15.6 Å². The molecule has 0 aliphatic rings. The molecule has 7 heteroatoms. The quantitative estimate of drug-likeness (QED) is 0.619. The van der Waals surface area contributed by atoms with E-state index in [1.54, 1.807) is 24.3 Å². The first-order valence-corrected chi connectivity index (χ1v) is 9.96. The molecule has 0 fully saturated rings. The summed E-state index contributed by atoms with van der Waals surface area (Å²) in [4.78, 5) is 12.7. The number of rotatable bonds is 8. The monoisotopic (exact) mass is 375 g/mol. The minimum atomic E-state index is -3.79. The lowest BCUT2D eigenvalue weighted by molar-refractivity contribution is -0.122. The van der Waals surface area contributed by atoms with Crippen LogP contribution >= 0.6 is 0 Å². The molecule has 0 spiro atoms. The number of carbonyl (C=O) groups is 1. The smallest absolute Gasteiger partial charge is 0.256 e. The predicted octanol–water partition coefficient (Wildman–Crippen LogP) is 2.83. The minimum Gasteiger partial charge on any atom is -0.299 e. The second-order valence-electron chi connectivity index (χ2n) is 6.60. The van der Waals surface area contributed by atoms with Crippen LogP contribution in [0.4, 0.5) is 5.69 Å². The highest BCUT2D eigenvalue weighted by atomic mass is 32.2. The molecule has 0 heterocycles. The third-order valence-electron chi connectivity index (χ3n) is 3.76. The lowest BCUT2D eigenvalue weighted by Crippen LogP contribution is -2.48. The molecule has 0 aromatic heterocycles. The lowest BCUT2D eigenvalue weighted by atomic mass is 10.0. The van der Waals surface area contributed by atoms with E-state index in [1.165, 1.54) is 12.1 Å². The van der Waals surface area contributed by atoms with Gasteiger partial charge in [-0.2, -0.15) is 4.72 Å². The zero-order chi connectivity index (χ0) is 19.2. The molecule has 140 valence electrons. The number of benzene rings is 2. The zero-order valence-electron chi connectivity index (χ0n) is 15.2. The molecule has 0 aliphatic carbocycles. The van der Waals surface area contributed by atoms with Gasteiger partial charge in [0.15, 0.2) is 0 Å². The van der Waals surface area contributed by atoms with Crippen molar-refractivity contribution in [1.29, 1.82) is 0 Å². The van der Waals surface area contributed by atoms with Gasteiger partial charge in [-0.25, -0.2) is 8.42 Å². The summed E-state index contributed by atoms with van der Waals surface area (Å²) in [6.45, 7) is 5.75. The average molecular weight is 375 g/mol. The van der Waals surface area contributed by atoms with Gasteiger partial charge in [-0.15, -0.1) is 0 Å². The van der Waals surface area contributed by atoms with Crippen molar-refractivity contribution < 1.29 is 13.2 Å². The van der Waals surface area contributed by atoms with E-state index in [9.17, 15) is 13.2 Å². The lowest BCUT2D eigenvalue weighted by Gasteiger charge is -2.20. The molecule has 3 N–H and O–H groups in total. The molecule has 0 aliphatic heterocycles. The van der Waals surface area contributed by atoms with Crippen LogP contribution in [0.15, 0.2) is 59.5 Å². The van der Waals surface area contributed by atoms with Crippen LogP contribution in [0.25, 0.3) is 0 Å². The summed E-state index contributed by atoms with van der Waals surface area (Å²) in [5.41, 5.74) is 7.05. The fourth-order valence-electron chi connectivity index (χ4n) is 2.40. The topological polar surface area (TPSA) is 87.3 Å². The van der Waals surface area contributed by atoms with Crippen LogP contribution in [0.5, 0.6) is 0 Å². The molecular formula is C19H25N3O3S. The van der Waals surface area contributed by atoms with Gasteiger partial charge in [0.05, 0.1) is 10.6 Å². The van der Waals surface area contributed by atoms with E-state index >= 15 is 0 Å². The summed E-state index contributed by atoms with van der Waals surface area (Å²) in [5.74, 6) is -0.290. The number of para-hydroxylation sites is 1. The number of hydrazine groups is 1. The second kappa shape index (κ2) is 8.82. The van der Waals surface area contributed by atoms with E-state index < -0.39 is 22.0 Å². The Balaban J connectivity index is 2.10.